The zero-order chi connectivity index (χ0) is 23.2. The SMILES string of the molecule is CC1CCC2C(C)[C@H](OC(=O)CCC(=O)NCc3ccco3)O[C@@H]3O[C@@]4(C)CCC1[C@@]23OO4. The highest BCUT2D eigenvalue weighted by Gasteiger charge is 2.69. The maximum atomic E-state index is 12.6. The number of carbonyl (C=O) groups excluding carboxylic acids is 2. The van der Waals surface area contributed by atoms with Crippen LogP contribution in [-0.4, -0.2) is 35.8 Å². The van der Waals surface area contributed by atoms with Crippen LogP contribution < -0.4 is 5.32 Å². The van der Waals surface area contributed by atoms with Gasteiger partial charge >= 0.3 is 5.97 Å². The first kappa shape index (κ1) is 22.8. The molecule has 5 aliphatic rings. The van der Waals surface area contributed by atoms with Crippen molar-refractivity contribution in [1.82, 2.24) is 5.32 Å². The Morgan fingerprint density at radius 1 is 1.15 bits per heavy atom. The Morgan fingerprint density at radius 2 is 2.00 bits per heavy atom. The molecule has 4 unspecified atom stereocenters. The van der Waals surface area contributed by atoms with Crippen molar-refractivity contribution in [3.8, 4) is 0 Å². The van der Waals surface area contributed by atoms with Crippen molar-refractivity contribution in [2.45, 2.75) is 89.8 Å². The third-order valence-electron chi connectivity index (χ3n) is 7.94. The van der Waals surface area contributed by atoms with E-state index in [9.17, 15) is 9.59 Å². The molecule has 0 radical (unpaired) electrons. The molecule has 5 fully saturated rings. The molecule has 1 aliphatic carbocycles. The van der Waals surface area contributed by atoms with Gasteiger partial charge in [0.15, 0.2) is 11.9 Å². The molecule has 0 aromatic carbocycles. The molecule has 2 bridgehead atoms. The van der Waals surface area contributed by atoms with Gasteiger partial charge in [0.05, 0.1) is 19.2 Å². The van der Waals surface area contributed by atoms with Gasteiger partial charge < -0.3 is 23.9 Å². The number of furan rings is 1. The van der Waals surface area contributed by atoms with Crippen LogP contribution in [0.15, 0.2) is 22.8 Å². The Labute approximate surface area is 193 Å². The lowest BCUT2D eigenvalue weighted by Crippen LogP contribution is -2.70. The van der Waals surface area contributed by atoms with Gasteiger partial charge in [0.1, 0.15) is 5.76 Å². The van der Waals surface area contributed by atoms with Crippen molar-refractivity contribution >= 4 is 11.9 Å². The smallest absolute Gasteiger partial charge is 0.308 e. The predicted octanol–water partition coefficient (Wildman–Crippen LogP) is 3.43. The van der Waals surface area contributed by atoms with Crippen molar-refractivity contribution in [2.75, 3.05) is 0 Å². The molecule has 33 heavy (non-hydrogen) atoms. The number of carbonyl (C=O) groups is 2. The second-order valence-electron chi connectivity index (χ2n) is 10.1. The molecule has 1 aromatic heterocycles. The lowest BCUT2D eigenvalue weighted by atomic mass is 9.58. The number of rotatable bonds is 6. The van der Waals surface area contributed by atoms with E-state index in [1.54, 1.807) is 18.4 Å². The van der Waals surface area contributed by atoms with Crippen molar-refractivity contribution in [1.29, 1.82) is 0 Å². The van der Waals surface area contributed by atoms with Crippen LogP contribution in [0.25, 0.3) is 0 Å². The standard InChI is InChI=1S/C24H33NO8/c1-14-6-7-18-15(2)21(29-20(27)9-8-19(26)25-13-16-5-4-12-28-16)30-22-24(18)17(14)10-11-23(3,31-22)32-33-24/h4-5,12,14-15,17-18,21-22H,6-11,13H2,1-3H3,(H,25,26)/t14?,15?,17?,18?,21-,22-,23-,24-/m1/s1. The molecule has 1 N–H and O–H groups in total. The van der Waals surface area contributed by atoms with Gasteiger partial charge in [0.25, 0.3) is 0 Å². The molecule has 1 spiro atoms. The van der Waals surface area contributed by atoms with Crippen LogP contribution in [0.4, 0.5) is 0 Å². The first-order valence-corrected chi connectivity index (χ1v) is 12.0. The normalized spacial score (nSPS) is 41.7. The summed E-state index contributed by atoms with van der Waals surface area (Å²) in [6.07, 6.45) is 3.78. The summed E-state index contributed by atoms with van der Waals surface area (Å²) in [5.41, 5.74) is -0.693. The van der Waals surface area contributed by atoms with Crippen LogP contribution in [0, 0.1) is 23.7 Å². The van der Waals surface area contributed by atoms with Crippen LogP contribution in [0.2, 0.25) is 0 Å². The van der Waals surface area contributed by atoms with Gasteiger partial charge in [0.2, 0.25) is 18.0 Å². The largest absolute Gasteiger partial charge is 0.467 e. The molecule has 1 aromatic rings. The summed E-state index contributed by atoms with van der Waals surface area (Å²) in [4.78, 5) is 36.5. The van der Waals surface area contributed by atoms with E-state index in [2.05, 4.69) is 12.2 Å². The van der Waals surface area contributed by atoms with Crippen molar-refractivity contribution < 1.29 is 38.0 Å². The van der Waals surface area contributed by atoms with E-state index in [1.165, 1.54) is 0 Å². The molecule has 8 atom stereocenters. The zero-order valence-corrected chi connectivity index (χ0v) is 19.4. The van der Waals surface area contributed by atoms with E-state index >= 15 is 0 Å². The summed E-state index contributed by atoms with van der Waals surface area (Å²) in [6.45, 7) is 6.43. The third-order valence-corrected chi connectivity index (χ3v) is 7.94. The summed E-state index contributed by atoms with van der Waals surface area (Å²) >= 11 is 0. The zero-order valence-electron chi connectivity index (χ0n) is 19.4. The van der Waals surface area contributed by atoms with Crippen LogP contribution >= 0.6 is 0 Å². The van der Waals surface area contributed by atoms with Crippen LogP contribution in [-0.2, 0) is 40.1 Å². The van der Waals surface area contributed by atoms with Gasteiger partial charge in [-0.3, -0.25) is 9.59 Å². The Hall–Kier alpha value is -1.94. The molecule has 182 valence electrons. The highest BCUT2D eigenvalue weighted by atomic mass is 17.3. The number of nitrogens with one attached hydrogen (secondary N) is 1. The average molecular weight is 464 g/mol. The minimum atomic E-state index is -0.876. The van der Waals surface area contributed by atoms with Gasteiger partial charge in [-0.1, -0.05) is 13.8 Å². The number of hydrogen-bond acceptors (Lipinski definition) is 8. The van der Waals surface area contributed by atoms with E-state index in [1.807, 2.05) is 13.8 Å². The number of amides is 1. The maximum absolute atomic E-state index is 12.6. The van der Waals surface area contributed by atoms with Crippen molar-refractivity contribution in [2.24, 2.45) is 23.7 Å². The Bertz CT molecular complexity index is 874. The lowest BCUT2D eigenvalue weighted by Gasteiger charge is -2.59. The number of ether oxygens (including phenoxy) is 3. The summed E-state index contributed by atoms with van der Waals surface area (Å²) in [5.74, 6) is -0.239. The Kier molecular flexibility index (Phi) is 6.01. The molecule has 4 aliphatic heterocycles. The molecule has 6 rings (SSSR count). The van der Waals surface area contributed by atoms with Crippen LogP contribution in [0.5, 0.6) is 0 Å². The summed E-state index contributed by atoms with van der Waals surface area (Å²) in [7, 11) is 0. The topological polar surface area (TPSA) is 105 Å². The van der Waals surface area contributed by atoms with E-state index in [4.69, 9.17) is 28.4 Å². The first-order chi connectivity index (χ1) is 15.8. The fraction of sp³-hybridized carbons (Fsp3) is 0.750. The van der Waals surface area contributed by atoms with E-state index in [0.29, 0.717) is 11.7 Å². The van der Waals surface area contributed by atoms with Crippen LogP contribution in [0.1, 0.15) is 65.1 Å². The first-order valence-electron chi connectivity index (χ1n) is 12.0. The number of fused-ring (bicyclic) bond motifs is 2. The van der Waals surface area contributed by atoms with Gasteiger partial charge in [-0.25, -0.2) is 9.78 Å². The Morgan fingerprint density at radius 3 is 2.79 bits per heavy atom. The summed E-state index contributed by atoms with van der Waals surface area (Å²) in [6, 6.07) is 3.53. The van der Waals surface area contributed by atoms with Gasteiger partial charge in [0, 0.05) is 24.7 Å². The molecule has 4 saturated heterocycles. The summed E-state index contributed by atoms with van der Waals surface area (Å²) in [5, 5.41) is 2.73. The molecule has 1 amide bonds. The van der Waals surface area contributed by atoms with Gasteiger partial charge in [-0.2, -0.15) is 0 Å². The molecule has 9 nitrogen and oxygen atoms in total. The van der Waals surface area contributed by atoms with Gasteiger partial charge in [-0.05, 0) is 50.2 Å². The minimum Gasteiger partial charge on any atom is -0.467 e. The van der Waals surface area contributed by atoms with E-state index in [0.717, 1.165) is 25.7 Å². The van der Waals surface area contributed by atoms with E-state index < -0.39 is 29.9 Å². The molecular formula is C24H33NO8. The summed E-state index contributed by atoms with van der Waals surface area (Å²) < 4.78 is 23.4. The quantitative estimate of drug-likeness (QED) is 0.505. The minimum absolute atomic E-state index is 0.0303. The van der Waals surface area contributed by atoms with Crippen molar-refractivity contribution in [3.63, 3.8) is 0 Å². The highest BCUT2D eigenvalue weighted by molar-refractivity contribution is 5.81. The maximum Gasteiger partial charge on any atom is 0.308 e. The number of esters is 1. The lowest BCUT2D eigenvalue weighted by molar-refractivity contribution is -0.576. The monoisotopic (exact) mass is 463 g/mol. The molecule has 1 saturated carbocycles. The molecule has 9 heteroatoms. The van der Waals surface area contributed by atoms with Crippen LogP contribution in [0.3, 0.4) is 0 Å². The fourth-order valence-electron chi connectivity index (χ4n) is 6.10. The second kappa shape index (κ2) is 8.69. The highest BCUT2D eigenvalue weighted by Crippen LogP contribution is 2.60. The van der Waals surface area contributed by atoms with Crippen molar-refractivity contribution in [3.05, 3.63) is 24.2 Å². The second-order valence-corrected chi connectivity index (χ2v) is 10.1. The molecule has 5 heterocycles. The average Bonchev–Trinajstić information content (AvgIpc) is 3.21. The third kappa shape index (κ3) is 4.09. The van der Waals surface area contributed by atoms with E-state index in [-0.39, 0.29) is 43.0 Å². The predicted molar refractivity (Wildman–Crippen MR) is 113 cm³/mol. The van der Waals surface area contributed by atoms with Gasteiger partial charge in [-0.15, -0.1) is 0 Å². The molecular weight excluding hydrogens is 430 g/mol. The fourth-order valence-corrected chi connectivity index (χ4v) is 6.10. The number of hydrogen-bond donors (Lipinski definition) is 1. The Balaban J connectivity index is 1.22.